The number of carboxylic acid groups (broad SMARTS) is 1. The molecule has 2 N–H and O–H groups in total. The third-order valence-electron chi connectivity index (χ3n) is 2.80. The first-order valence-corrected chi connectivity index (χ1v) is 6.23. The summed E-state index contributed by atoms with van der Waals surface area (Å²) in [4.78, 5) is 10.8. The fraction of sp³-hybridized carbons (Fsp3) is 0.133. The van der Waals surface area contributed by atoms with Crippen LogP contribution in [0.15, 0.2) is 42.5 Å². The van der Waals surface area contributed by atoms with E-state index in [9.17, 15) is 13.6 Å². The molecular weight excluding hydrogens is 296 g/mol. The molecule has 0 bridgehead atoms. The molecule has 0 spiro atoms. The molecule has 7 heteroatoms. The van der Waals surface area contributed by atoms with Gasteiger partial charge >= 0.3 is 12.6 Å². The molecule has 2 rings (SSSR count). The summed E-state index contributed by atoms with van der Waals surface area (Å²) in [5, 5.41) is 11.8. The van der Waals surface area contributed by atoms with E-state index in [0.29, 0.717) is 11.4 Å². The van der Waals surface area contributed by atoms with Crippen LogP contribution in [0.2, 0.25) is 0 Å². The number of aromatic carboxylic acids is 1. The van der Waals surface area contributed by atoms with Gasteiger partial charge in [-0.1, -0.05) is 0 Å². The van der Waals surface area contributed by atoms with Gasteiger partial charge in [0.05, 0.1) is 12.7 Å². The average Bonchev–Trinajstić information content (AvgIpc) is 2.49. The lowest BCUT2D eigenvalue weighted by atomic mass is 10.2. The molecule has 0 aliphatic rings. The van der Waals surface area contributed by atoms with Crippen LogP contribution in [0.1, 0.15) is 10.4 Å². The Labute approximate surface area is 125 Å². The monoisotopic (exact) mass is 309 g/mol. The van der Waals surface area contributed by atoms with Crippen molar-refractivity contribution < 1.29 is 28.2 Å². The Morgan fingerprint density at radius 3 is 2.27 bits per heavy atom. The smallest absolute Gasteiger partial charge is 0.387 e. The summed E-state index contributed by atoms with van der Waals surface area (Å²) < 4.78 is 33.8. The van der Waals surface area contributed by atoms with Crippen LogP contribution in [0, 0.1) is 0 Å². The molecule has 0 unspecified atom stereocenters. The van der Waals surface area contributed by atoms with Crippen molar-refractivity contribution in [1.29, 1.82) is 0 Å². The molecule has 0 heterocycles. The van der Waals surface area contributed by atoms with E-state index in [1.807, 2.05) is 0 Å². The number of nitrogens with one attached hydrogen (secondary N) is 1. The molecule has 0 fully saturated rings. The number of anilines is 2. The second-order valence-electron chi connectivity index (χ2n) is 4.25. The number of methoxy groups -OCH3 is 1. The molecule has 0 radical (unpaired) electrons. The van der Waals surface area contributed by atoms with E-state index in [4.69, 9.17) is 9.84 Å². The predicted molar refractivity (Wildman–Crippen MR) is 76.3 cm³/mol. The highest BCUT2D eigenvalue weighted by Crippen LogP contribution is 2.32. The van der Waals surface area contributed by atoms with Gasteiger partial charge < -0.3 is 19.9 Å². The van der Waals surface area contributed by atoms with Gasteiger partial charge in [-0.15, -0.1) is 0 Å². The van der Waals surface area contributed by atoms with Crippen LogP contribution in [0.3, 0.4) is 0 Å². The molecule has 2 aromatic carbocycles. The summed E-state index contributed by atoms with van der Waals surface area (Å²) in [6.45, 7) is -2.93. The molecule has 2 aromatic rings. The highest BCUT2D eigenvalue weighted by atomic mass is 19.3. The number of carbonyl (C=O) groups is 1. The zero-order valence-electron chi connectivity index (χ0n) is 11.5. The number of benzene rings is 2. The van der Waals surface area contributed by atoms with E-state index >= 15 is 0 Å². The third-order valence-corrected chi connectivity index (χ3v) is 2.80. The van der Waals surface area contributed by atoms with Crippen molar-refractivity contribution >= 4 is 17.3 Å². The van der Waals surface area contributed by atoms with Gasteiger partial charge in [-0.05, 0) is 36.4 Å². The third kappa shape index (κ3) is 3.85. The van der Waals surface area contributed by atoms with Gasteiger partial charge in [0, 0.05) is 17.4 Å². The van der Waals surface area contributed by atoms with E-state index in [2.05, 4.69) is 10.1 Å². The molecular formula is C15H13F2NO4. The van der Waals surface area contributed by atoms with E-state index in [0.717, 1.165) is 0 Å². The van der Waals surface area contributed by atoms with Crippen molar-refractivity contribution in [2.45, 2.75) is 6.61 Å². The van der Waals surface area contributed by atoms with Crippen LogP contribution in [-0.2, 0) is 0 Å². The van der Waals surface area contributed by atoms with E-state index in [1.54, 1.807) is 18.2 Å². The average molecular weight is 309 g/mol. The number of carboxylic acids is 1. The Morgan fingerprint density at radius 2 is 1.73 bits per heavy atom. The Kier molecular flexibility index (Phi) is 4.77. The lowest BCUT2D eigenvalue weighted by molar-refractivity contribution is -0.0512. The van der Waals surface area contributed by atoms with Gasteiger partial charge in [-0.25, -0.2) is 4.79 Å². The van der Waals surface area contributed by atoms with Crippen LogP contribution in [0.5, 0.6) is 11.5 Å². The van der Waals surface area contributed by atoms with Gasteiger partial charge in [-0.2, -0.15) is 8.78 Å². The molecule has 0 atom stereocenters. The van der Waals surface area contributed by atoms with Crippen LogP contribution < -0.4 is 14.8 Å². The summed E-state index contributed by atoms with van der Waals surface area (Å²) in [6, 6.07) is 10.5. The summed E-state index contributed by atoms with van der Waals surface area (Å²) in [5.74, 6) is -0.918. The molecule has 0 aliphatic carbocycles. The van der Waals surface area contributed by atoms with Crippen molar-refractivity contribution in [3.05, 3.63) is 48.0 Å². The molecule has 0 aliphatic heterocycles. The molecule has 5 nitrogen and oxygen atoms in total. The van der Waals surface area contributed by atoms with Crippen molar-refractivity contribution in [2.24, 2.45) is 0 Å². The van der Waals surface area contributed by atoms with Crippen LogP contribution in [0.4, 0.5) is 20.2 Å². The quantitative estimate of drug-likeness (QED) is 0.851. The summed E-state index contributed by atoms with van der Waals surface area (Å²) in [6.07, 6.45) is 0. The molecule has 0 amide bonds. The van der Waals surface area contributed by atoms with Crippen LogP contribution in [0.25, 0.3) is 0 Å². The maximum absolute atomic E-state index is 12.2. The van der Waals surface area contributed by atoms with Crippen molar-refractivity contribution in [2.75, 3.05) is 12.4 Å². The fourth-order valence-corrected chi connectivity index (χ4v) is 1.80. The van der Waals surface area contributed by atoms with E-state index in [-0.39, 0.29) is 17.1 Å². The minimum atomic E-state index is -2.93. The predicted octanol–water partition coefficient (Wildman–Crippen LogP) is 3.74. The van der Waals surface area contributed by atoms with Crippen molar-refractivity contribution in [3.8, 4) is 11.5 Å². The number of hydrogen-bond acceptors (Lipinski definition) is 4. The standard InChI is InChI=1S/C15H13F2NO4/c1-21-13-8-11(6-7-12(13)22-15(16)17)18-10-4-2-9(3-5-10)14(19)20/h2-8,15,18H,1H3,(H,19,20). The summed E-state index contributed by atoms with van der Waals surface area (Å²) >= 11 is 0. The van der Waals surface area contributed by atoms with Crippen molar-refractivity contribution in [1.82, 2.24) is 0 Å². The van der Waals surface area contributed by atoms with Crippen LogP contribution >= 0.6 is 0 Å². The second kappa shape index (κ2) is 6.75. The fourth-order valence-electron chi connectivity index (χ4n) is 1.80. The first kappa shape index (κ1) is 15.6. The molecule has 116 valence electrons. The number of rotatable bonds is 6. The van der Waals surface area contributed by atoms with Gasteiger partial charge in [-0.3, -0.25) is 0 Å². The van der Waals surface area contributed by atoms with Crippen LogP contribution in [-0.4, -0.2) is 24.8 Å². The number of halogens is 2. The molecule has 22 heavy (non-hydrogen) atoms. The minimum Gasteiger partial charge on any atom is -0.493 e. The normalized spacial score (nSPS) is 10.4. The lowest BCUT2D eigenvalue weighted by Gasteiger charge is -2.12. The van der Waals surface area contributed by atoms with Gasteiger partial charge in [0.1, 0.15) is 0 Å². The Bertz CT molecular complexity index is 659. The van der Waals surface area contributed by atoms with Crippen molar-refractivity contribution in [3.63, 3.8) is 0 Å². The Morgan fingerprint density at radius 1 is 1.09 bits per heavy atom. The Balaban J connectivity index is 2.17. The summed E-state index contributed by atoms with van der Waals surface area (Å²) in [7, 11) is 1.35. The molecule has 0 aromatic heterocycles. The van der Waals surface area contributed by atoms with Gasteiger partial charge in [0.15, 0.2) is 11.5 Å². The highest BCUT2D eigenvalue weighted by Gasteiger charge is 2.11. The number of hydrogen-bond donors (Lipinski definition) is 2. The Hall–Kier alpha value is -2.83. The summed E-state index contributed by atoms with van der Waals surface area (Å²) in [5.41, 5.74) is 1.40. The zero-order chi connectivity index (χ0) is 16.1. The van der Waals surface area contributed by atoms with E-state index in [1.165, 1.54) is 31.4 Å². The SMILES string of the molecule is COc1cc(Nc2ccc(C(=O)O)cc2)ccc1OC(F)F. The van der Waals surface area contributed by atoms with E-state index < -0.39 is 12.6 Å². The number of ether oxygens (including phenoxy) is 2. The number of alkyl halides is 2. The highest BCUT2D eigenvalue weighted by molar-refractivity contribution is 5.88. The largest absolute Gasteiger partial charge is 0.493 e. The topological polar surface area (TPSA) is 67.8 Å². The zero-order valence-corrected chi connectivity index (χ0v) is 11.5. The lowest BCUT2D eigenvalue weighted by Crippen LogP contribution is -2.03. The van der Waals surface area contributed by atoms with Gasteiger partial charge in [0.25, 0.3) is 0 Å². The minimum absolute atomic E-state index is 0.0655. The molecule has 0 saturated carbocycles. The second-order valence-corrected chi connectivity index (χ2v) is 4.25. The maximum Gasteiger partial charge on any atom is 0.387 e. The van der Waals surface area contributed by atoms with Gasteiger partial charge in [0.2, 0.25) is 0 Å². The first-order chi connectivity index (χ1) is 10.5. The maximum atomic E-state index is 12.2. The molecule has 0 saturated heterocycles. The first-order valence-electron chi connectivity index (χ1n) is 6.23.